The van der Waals surface area contributed by atoms with E-state index in [9.17, 15) is 9.18 Å². The SMILES string of the molecule is Cl.Cl.O=C(CCc1nc2ccc(F)cc2[nH]1)N[C@@H]1CCCNC1. The van der Waals surface area contributed by atoms with Gasteiger partial charge in [0, 0.05) is 25.4 Å². The van der Waals surface area contributed by atoms with E-state index in [-0.39, 0.29) is 42.6 Å². The molecule has 1 atom stereocenters. The van der Waals surface area contributed by atoms with Crippen molar-refractivity contribution in [2.45, 2.75) is 31.7 Å². The molecule has 8 heteroatoms. The van der Waals surface area contributed by atoms with E-state index in [4.69, 9.17) is 0 Å². The highest BCUT2D eigenvalue weighted by Crippen LogP contribution is 2.13. The van der Waals surface area contributed by atoms with Crippen LogP contribution in [-0.4, -0.2) is 35.0 Å². The Morgan fingerprint density at radius 1 is 1.39 bits per heavy atom. The van der Waals surface area contributed by atoms with E-state index in [0.717, 1.165) is 31.4 Å². The fourth-order valence-corrected chi connectivity index (χ4v) is 2.66. The lowest BCUT2D eigenvalue weighted by atomic mass is 10.1. The molecule has 2 heterocycles. The maximum absolute atomic E-state index is 13.1. The molecular formula is C15H21Cl2FN4O. The quantitative estimate of drug-likeness (QED) is 0.781. The molecule has 0 unspecified atom stereocenters. The number of H-pyrrole nitrogens is 1. The molecule has 5 nitrogen and oxygen atoms in total. The molecule has 128 valence electrons. The number of imidazole rings is 1. The van der Waals surface area contributed by atoms with Crippen molar-refractivity contribution in [2.75, 3.05) is 13.1 Å². The molecular weight excluding hydrogens is 342 g/mol. The maximum atomic E-state index is 13.1. The highest BCUT2D eigenvalue weighted by molar-refractivity contribution is 5.85. The van der Waals surface area contributed by atoms with Crippen molar-refractivity contribution < 1.29 is 9.18 Å². The Hall–Kier alpha value is -1.37. The van der Waals surface area contributed by atoms with Crippen LogP contribution in [0.5, 0.6) is 0 Å². The maximum Gasteiger partial charge on any atom is 0.220 e. The zero-order valence-electron chi connectivity index (χ0n) is 12.6. The summed E-state index contributed by atoms with van der Waals surface area (Å²) >= 11 is 0. The van der Waals surface area contributed by atoms with Crippen molar-refractivity contribution in [3.8, 4) is 0 Å². The molecule has 0 aliphatic carbocycles. The first-order valence-corrected chi connectivity index (χ1v) is 7.35. The van der Waals surface area contributed by atoms with E-state index in [0.29, 0.717) is 24.2 Å². The monoisotopic (exact) mass is 362 g/mol. The average molecular weight is 363 g/mol. The highest BCUT2D eigenvalue weighted by atomic mass is 35.5. The van der Waals surface area contributed by atoms with Crippen LogP contribution in [0.3, 0.4) is 0 Å². The number of aromatic nitrogens is 2. The summed E-state index contributed by atoms with van der Waals surface area (Å²) in [6.45, 7) is 1.87. The largest absolute Gasteiger partial charge is 0.352 e. The molecule has 1 aromatic heterocycles. The molecule has 1 aromatic carbocycles. The minimum absolute atomic E-state index is 0. The Labute approximate surface area is 146 Å². The lowest BCUT2D eigenvalue weighted by Gasteiger charge is -2.23. The van der Waals surface area contributed by atoms with Gasteiger partial charge >= 0.3 is 0 Å². The van der Waals surface area contributed by atoms with Crippen LogP contribution in [0, 0.1) is 5.82 Å². The number of amides is 1. The van der Waals surface area contributed by atoms with Gasteiger partial charge in [-0.2, -0.15) is 0 Å². The lowest BCUT2D eigenvalue weighted by Crippen LogP contribution is -2.45. The van der Waals surface area contributed by atoms with Crippen molar-refractivity contribution in [3.05, 3.63) is 29.8 Å². The summed E-state index contributed by atoms with van der Waals surface area (Å²) < 4.78 is 13.1. The number of fused-ring (bicyclic) bond motifs is 1. The van der Waals surface area contributed by atoms with Gasteiger partial charge in [0.25, 0.3) is 0 Å². The van der Waals surface area contributed by atoms with E-state index in [2.05, 4.69) is 20.6 Å². The van der Waals surface area contributed by atoms with Crippen LogP contribution >= 0.6 is 24.8 Å². The summed E-state index contributed by atoms with van der Waals surface area (Å²) in [5, 5.41) is 6.30. The Balaban J connectivity index is 0.00000132. The number of hydrogen-bond acceptors (Lipinski definition) is 3. The standard InChI is InChI=1S/C15H19FN4O.2ClH/c16-10-3-4-12-13(8-10)20-14(19-12)5-6-15(21)18-11-2-1-7-17-9-11;;/h3-4,8,11,17H,1-2,5-7,9H2,(H,18,21)(H,19,20);2*1H/t11-;;/m1../s1. The second kappa shape index (κ2) is 9.05. The van der Waals surface area contributed by atoms with Crippen LogP contribution in [0.25, 0.3) is 11.0 Å². The van der Waals surface area contributed by atoms with Crippen LogP contribution in [0.15, 0.2) is 18.2 Å². The zero-order valence-corrected chi connectivity index (χ0v) is 14.2. The molecule has 1 aliphatic heterocycles. The van der Waals surface area contributed by atoms with E-state index in [1.807, 2.05) is 0 Å². The normalized spacial score (nSPS) is 17.2. The number of piperidine rings is 1. The van der Waals surface area contributed by atoms with Gasteiger partial charge in [0.05, 0.1) is 11.0 Å². The molecule has 1 aliphatic rings. The number of rotatable bonds is 4. The number of aromatic amines is 1. The van der Waals surface area contributed by atoms with Crippen LogP contribution in [0.1, 0.15) is 25.1 Å². The number of benzene rings is 1. The van der Waals surface area contributed by atoms with Gasteiger partial charge in [-0.3, -0.25) is 4.79 Å². The number of aryl methyl sites for hydroxylation is 1. The first-order chi connectivity index (χ1) is 10.2. The smallest absolute Gasteiger partial charge is 0.220 e. The third kappa shape index (κ3) is 5.34. The average Bonchev–Trinajstić information content (AvgIpc) is 2.88. The second-order valence-electron chi connectivity index (χ2n) is 5.46. The van der Waals surface area contributed by atoms with Gasteiger partial charge in [-0.05, 0) is 37.6 Å². The number of nitrogens with zero attached hydrogens (tertiary/aromatic N) is 1. The minimum Gasteiger partial charge on any atom is -0.352 e. The highest BCUT2D eigenvalue weighted by Gasteiger charge is 2.15. The third-order valence-corrected chi connectivity index (χ3v) is 3.74. The second-order valence-corrected chi connectivity index (χ2v) is 5.46. The Bertz CT molecular complexity index is 643. The van der Waals surface area contributed by atoms with Crippen molar-refractivity contribution in [1.82, 2.24) is 20.6 Å². The van der Waals surface area contributed by atoms with Gasteiger partial charge in [0.15, 0.2) is 0 Å². The Kier molecular flexibility index (Phi) is 7.75. The summed E-state index contributed by atoms with van der Waals surface area (Å²) in [7, 11) is 0. The number of nitrogens with one attached hydrogen (secondary N) is 3. The molecule has 0 saturated carbocycles. The van der Waals surface area contributed by atoms with E-state index in [1.54, 1.807) is 6.07 Å². The number of carbonyl (C=O) groups excluding carboxylic acids is 1. The van der Waals surface area contributed by atoms with Gasteiger partial charge < -0.3 is 15.6 Å². The summed E-state index contributed by atoms with van der Waals surface area (Å²) in [4.78, 5) is 19.3. The predicted octanol–water partition coefficient (Wildman–Crippen LogP) is 2.35. The fourth-order valence-electron chi connectivity index (χ4n) is 2.66. The zero-order chi connectivity index (χ0) is 14.7. The van der Waals surface area contributed by atoms with Crippen LogP contribution in [0.4, 0.5) is 4.39 Å². The molecule has 2 aromatic rings. The van der Waals surface area contributed by atoms with E-state index in [1.165, 1.54) is 12.1 Å². The first-order valence-electron chi connectivity index (χ1n) is 7.35. The van der Waals surface area contributed by atoms with E-state index >= 15 is 0 Å². The lowest BCUT2D eigenvalue weighted by molar-refractivity contribution is -0.121. The number of halogens is 3. The molecule has 0 radical (unpaired) electrons. The number of carbonyl (C=O) groups is 1. The van der Waals surface area contributed by atoms with Gasteiger partial charge in [-0.1, -0.05) is 0 Å². The Morgan fingerprint density at radius 3 is 2.96 bits per heavy atom. The van der Waals surface area contributed by atoms with Gasteiger partial charge in [-0.25, -0.2) is 9.37 Å². The van der Waals surface area contributed by atoms with Gasteiger partial charge in [0.1, 0.15) is 11.6 Å². The topological polar surface area (TPSA) is 69.8 Å². The van der Waals surface area contributed by atoms with Gasteiger partial charge in [0.2, 0.25) is 5.91 Å². The van der Waals surface area contributed by atoms with Crippen molar-refractivity contribution in [2.24, 2.45) is 0 Å². The first kappa shape index (κ1) is 19.7. The van der Waals surface area contributed by atoms with Crippen LogP contribution in [0.2, 0.25) is 0 Å². The summed E-state index contributed by atoms with van der Waals surface area (Å²) in [6, 6.07) is 4.67. The van der Waals surface area contributed by atoms with E-state index < -0.39 is 0 Å². The molecule has 0 spiro atoms. The Morgan fingerprint density at radius 2 is 2.22 bits per heavy atom. The van der Waals surface area contributed by atoms with Crippen LogP contribution in [-0.2, 0) is 11.2 Å². The molecule has 0 bridgehead atoms. The molecule has 1 fully saturated rings. The van der Waals surface area contributed by atoms with Crippen molar-refractivity contribution >= 4 is 41.8 Å². The minimum atomic E-state index is -0.291. The third-order valence-electron chi connectivity index (χ3n) is 3.74. The predicted molar refractivity (Wildman–Crippen MR) is 92.9 cm³/mol. The van der Waals surface area contributed by atoms with Crippen LogP contribution < -0.4 is 10.6 Å². The summed E-state index contributed by atoms with van der Waals surface area (Å²) in [5.74, 6) is 0.461. The molecule has 23 heavy (non-hydrogen) atoms. The summed E-state index contributed by atoms with van der Waals surface area (Å²) in [5.41, 5.74) is 1.39. The fraction of sp³-hybridized carbons (Fsp3) is 0.467. The van der Waals surface area contributed by atoms with Crippen molar-refractivity contribution in [3.63, 3.8) is 0 Å². The molecule has 3 rings (SSSR count). The summed E-state index contributed by atoms with van der Waals surface area (Å²) in [6.07, 6.45) is 3.05. The molecule has 1 saturated heterocycles. The van der Waals surface area contributed by atoms with Gasteiger partial charge in [-0.15, -0.1) is 24.8 Å². The number of hydrogen-bond donors (Lipinski definition) is 3. The molecule has 1 amide bonds. The molecule has 3 N–H and O–H groups in total. The van der Waals surface area contributed by atoms with Crippen molar-refractivity contribution in [1.29, 1.82) is 0 Å².